The number of aryl methyl sites for hydroxylation is 1. The maximum absolute atomic E-state index is 12.5. The normalized spacial score (nSPS) is 13.8. The van der Waals surface area contributed by atoms with Crippen LogP contribution < -0.4 is 10.1 Å². The van der Waals surface area contributed by atoms with Crippen molar-refractivity contribution in [2.45, 2.75) is 19.9 Å². The molecule has 1 fully saturated rings. The number of nitrogens with zero attached hydrogens (tertiary/aromatic N) is 3. The molecule has 2 heterocycles. The molecule has 0 spiro atoms. The minimum absolute atomic E-state index is 0.201. The van der Waals surface area contributed by atoms with Crippen molar-refractivity contribution in [1.82, 2.24) is 20.5 Å². The maximum Gasteiger partial charge on any atom is 0.336 e. The molecular formula is C17H20N4O4. The highest BCUT2D eigenvalue weighted by atomic mass is 16.5. The standard InChI is InChI=1S/C17H20N4O4/c1-12-10-15(19-25-12)16(22)20-8-3-9-21(20)17(23)18-11-13-4-6-14(24-2)7-5-13/h4-7,10H,3,8-9,11H2,1-2H3,(H,18,23). The van der Waals surface area contributed by atoms with Crippen molar-refractivity contribution in [2.24, 2.45) is 0 Å². The van der Waals surface area contributed by atoms with E-state index in [0.717, 1.165) is 17.7 Å². The van der Waals surface area contributed by atoms with Gasteiger partial charge in [0.2, 0.25) is 0 Å². The van der Waals surface area contributed by atoms with Gasteiger partial charge in [-0.25, -0.2) is 14.8 Å². The third-order valence-electron chi connectivity index (χ3n) is 3.95. The van der Waals surface area contributed by atoms with Gasteiger partial charge in [-0.3, -0.25) is 4.79 Å². The van der Waals surface area contributed by atoms with Crippen LogP contribution in [0.15, 0.2) is 34.9 Å². The van der Waals surface area contributed by atoms with E-state index in [-0.39, 0.29) is 17.6 Å². The van der Waals surface area contributed by atoms with Gasteiger partial charge in [0, 0.05) is 25.7 Å². The second kappa shape index (κ2) is 7.25. The summed E-state index contributed by atoms with van der Waals surface area (Å²) < 4.78 is 10.0. The van der Waals surface area contributed by atoms with E-state index < -0.39 is 0 Å². The fraction of sp³-hybridized carbons (Fsp3) is 0.353. The third kappa shape index (κ3) is 3.73. The first-order valence-corrected chi connectivity index (χ1v) is 8.02. The number of hydrazine groups is 1. The summed E-state index contributed by atoms with van der Waals surface area (Å²) in [5.41, 5.74) is 1.14. The number of carbonyl (C=O) groups is 2. The maximum atomic E-state index is 12.5. The molecule has 0 aliphatic carbocycles. The van der Waals surface area contributed by atoms with Gasteiger partial charge in [0.15, 0.2) is 5.69 Å². The van der Waals surface area contributed by atoms with E-state index in [2.05, 4.69) is 10.5 Å². The van der Waals surface area contributed by atoms with Crippen LogP contribution in [0, 0.1) is 6.92 Å². The van der Waals surface area contributed by atoms with E-state index in [0.29, 0.717) is 25.4 Å². The zero-order valence-corrected chi connectivity index (χ0v) is 14.2. The molecule has 3 amide bonds. The number of ether oxygens (including phenoxy) is 1. The van der Waals surface area contributed by atoms with E-state index in [1.54, 1.807) is 20.1 Å². The predicted molar refractivity (Wildman–Crippen MR) is 88.8 cm³/mol. The van der Waals surface area contributed by atoms with Gasteiger partial charge in [-0.05, 0) is 31.0 Å². The van der Waals surface area contributed by atoms with Gasteiger partial charge in [-0.15, -0.1) is 0 Å². The zero-order valence-electron chi connectivity index (χ0n) is 14.2. The number of benzene rings is 1. The van der Waals surface area contributed by atoms with Gasteiger partial charge in [-0.2, -0.15) is 0 Å². The number of methoxy groups -OCH3 is 1. The number of hydrogen-bond donors (Lipinski definition) is 1. The largest absolute Gasteiger partial charge is 0.497 e. The summed E-state index contributed by atoms with van der Waals surface area (Å²) in [7, 11) is 1.60. The average molecular weight is 344 g/mol. The number of amides is 3. The third-order valence-corrected chi connectivity index (χ3v) is 3.95. The molecule has 25 heavy (non-hydrogen) atoms. The molecule has 132 valence electrons. The van der Waals surface area contributed by atoms with Gasteiger partial charge >= 0.3 is 6.03 Å². The summed E-state index contributed by atoms with van der Waals surface area (Å²) >= 11 is 0. The van der Waals surface area contributed by atoms with E-state index in [1.807, 2.05) is 24.3 Å². The van der Waals surface area contributed by atoms with Crippen LogP contribution in [0.2, 0.25) is 0 Å². The Balaban J connectivity index is 1.61. The van der Waals surface area contributed by atoms with Crippen LogP contribution in [0.25, 0.3) is 0 Å². The van der Waals surface area contributed by atoms with Crippen molar-refractivity contribution >= 4 is 11.9 Å². The van der Waals surface area contributed by atoms with Gasteiger partial charge in [-0.1, -0.05) is 17.3 Å². The second-order valence-electron chi connectivity index (χ2n) is 5.73. The first-order valence-electron chi connectivity index (χ1n) is 8.02. The molecule has 1 aromatic heterocycles. The Hall–Kier alpha value is -3.03. The van der Waals surface area contributed by atoms with Crippen molar-refractivity contribution in [3.05, 3.63) is 47.3 Å². The first-order chi connectivity index (χ1) is 12.1. The number of hydrogen-bond acceptors (Lipinski definition) is 5. The molecule has 8 nitrogen and oxygen atoms in total. The summed E-state index contributed by atoms with van der Waals surface area (Å²) in [6.45, 7) is 3.04. The Morgan fingerprint density at radius 2 is 1.96 bits per heavy atom. The molecule has 0 unspecified atom stereocenters. The highest BCUT2D eigenvalue weighted by Gasteiger charge is 2.32. The molecule has 3 rings (SSSR count). The average Bonchev–Trinajstić information content (AvgIpc) is 3.28. The molecule has 0 bridgehead atoms. The monoisotopic (exact) mass is 344 g/mol. The SMILES string of the molecule is COc1ccc(CNC(=O)N2CCCN2C(=O)c2cc(C)on2)cc1. The zero-order chi connectivity index (χ0) is 17.8. The topological polar surface area (TPSA) is 87.9 Å². The van der Waals surface area contributed by atoms with Crippen LogP contribution in [-0.4, -0.2) is 47.3 Å². The molecule has 0 radical (unpaired) electrons. The molecule has 2 aromatic rings. The van der Waals surface area contributed by atoms with Crippen LogP contribution in [0.1, 0.15) is 28.2 Å². The van der Waals surface area contributed by atoms with Crippen molar-refractivity contribution in [3.63, 3.8) is 0 Å². The molecule has 1 N–H and O–H groups in total. The lowest BCUT2D eigenvalue weighted by Gasteiger charge is -2.27. The van der Waals surface area contributed by atoms with Crippen molar-refractivity contribution in [3.8, 4) is 5.75 Å². The van der Waals surface area contributed by atoms with Gasteiger partial charge in [0.25, 0.3) is 5.91 Å². The lowest BCUT2D eigenvalue weighted by atomic mass is 10.2. The minimum Gasteiger partial charge on any atom is -0.497 e. The molecule has 1 aromatic carbocycles. The highest BCUT2D eigenvalue weighted by molar-refractivity contribution is 5.93. The summed E-state index contributed by atoms with van der Waals surface area (Å²) in [6, 6.07) is 8.67. The van der Waals surface area contributed by atoms with Crippen LogP contribution in [0.5, 0.6) is 5.75 Å². The molecule has 1 aliphatic rings. The second-order valence-corrected chi connectivity index (χ2v) is 5.73. The Bertz CT molecular complexity index is 756. The Kier molecular flexibility index (Phi) is 4.87. The predicted octanol–water partition coefficient (Wildman–Crippen LogP) is 1.96. The lowest BCUT2D eigenvalue weighted by Crippen LogP contribution is -2.49. The van der Waals surface area contributed by atoms with Crippen LogP contribution in [0.4, 0.5) is 4.79 Å². The lowest BCUT2D eigenvalue weighted by molar-refractivity contribution is 0.0366. The van der Waals surface area contributed by atoms with Crippen molar-refractivity contribution in [2.75, 3.05) is 20.2 Å². The van der Waals surface area contributed by atoms with Crippen LogP contribution in [0.3, 0.4) is 0 Å². The Morgan fingerprint density at radius 3 is 2.60 bits per heavy atom. The number of nitrogens with one attached hydrogen (secondary N) is 1. The summed E-state index contributed by atoms with van der Waals surface area (Å²) in [5.74, 6) is 0.973. The minimum atomic E-state index is -0.339. The molecule has 1 saturated heterocycles. The number of rotatable bonds is 4. The number of carbonyl (C=O) groups excluding carboxylic acids is 2. The number of urea groups is 1. The fourth-order valence-corrected chi connectivity index (χ4v) is 2.65. The van der Waals surface area contributed by atoms with Crippen LogP contribution in [-0.2, 0) is 6.54 Å². The number of aromatic nitrogens is 1. The van der Waals surface area contributed by atoms with Gasteiger partial charge < -0.3 is 14.6 Å². The molecule has 8 heteroatoms. The van der Waals surface area contributed by atoms with E-state index in [9.17, 15) is 9.59 Å². The molecule has 0 saturated carbocycles. The van der Waals surface area contributed by atoms with Crippen molar-refractivity contribution in [1.29, 1.82) is 0 Å². The quantitative estimate of drug-likeness (QED) is 0.916. The molecular weight excluding hydrogens is 324 g/mol. The smallest absolute Gasteiger partial charge is 0.336 e. The van der Waals surface area contributed by atoms with Crippen molar-refractivity contribution < 1.29 is 18.8 Å². The highest BCUT2D eigenvalue weighted by Crippen LogP contribution is 2.16. The van der Waals surface area contributed by atoms with E-state index in [4.69, 9.17) is 9.26 Å². The molecule has 1 aliphatic heterocycles. The van der Waals surface area contributed by atoms with Crippen LogP contribution >= 0.6 is 0 Å². The molecule has 0 atom stereocenters. The van der Waals surface area contributed by atoms with Gasteiger partial charge in [0.1, 0.15) is 11.5 Å². The summed E-state index contributed by atoms with van der Waals surface area (Å²) in [6.07, 6.45) is 0.721. The van der Waals surface area contributed by atoms with E-state index >= 15 is 0 Å². The Labute approximate surface area is 145 Å². The van der Waals surface area contributed by atoms with E-state index in [1.165, 1.54) is 10.0 Å². The fourth-order valence-electron chi connectivity index (χ4n) is 2.65. The summed E-state index contributed by atoms with van der Waals surface area (Å²) in [4.78, 5) is 24.9. The summed E-state index contributed by atoms with van der Waals surface area (Å²) in [5, 5.41) is 9.37. The van der Waals surface area contributed by atoms with Gasteiger partial charge in [0.05, 0.1) is 7.11 Å². The first kappa shape index (κ1) is 16.8. The Morgan fingerprint density at radius 1 is 1.24 bits per heavy atom.